The Kier molecular flexibility index (Phi) is 8.11. The smallest absolute Gasteiger partial charge is 0.332 e. The Balaban J connectivity index is 1.65. The molecule has 2 amide bonds. The van der Waals surface area contributed by atoms with E-state index in [1.165, 1.54) is 12.3 Å². The molecule has 35 heavy (non-hydrogen) atoms. The number of urea groups is 1. The lowest BCUT2D eigenvalue weighted by atomic mass is 9.97. The van der Waals surface area contributed by atoms with Gasteiger partial charge < -0.3 is 5.32 Å². The minimum atomic E-state index is -4.55. The van der Waals surface area contributed by atoms with Crippen molar-refractivity contribution in [1.82, 2.24) is 20.7 Å². The Hall–Kier alpha value is -3.88. The predicted molar refractivity (Wildman–Crippen MR) is 127 cm³/mol. The monoisotopic (exact) mass is 486 g/mol. The molecule has 184 valence electrons. The number of aryl methyl sites for hydroxylation is 1. The maximum absolute atomic E-state index is 14.8. The molecule has 0 unspecified atom stereocenters. The quantitative estimate of drug-likeness (QED) is 0.296. The Labute approximate surface area is 201 Å². The van der Waals surface area contributed by atoms with Gasteiger partial charge in [-0.25, -0.2) is 14.2 Å². The van der Waals surface area contributed by atoms with Crippen molar-refractivity contribution in [3.8, 4) is 11.1 Å². The van der Waals surface area contributed by atoms with Crippen molar-refractivity contribution >= 4 is 11.7 Å². The fourth-order valence-electron chi connectivity index (χ4n) is 3.50. The normalized spacial score (nSPS) is 11.1. The van der Waals surface area contributed by atoms with Gasteiger partial charge in [-0.3, -0.25) is 10.4 Å². The van der Waals surface area contributed by atoms with Gasteiger partial charge in [0.05, 0.1) is 11.3 Å². The highest BCUT2D eigenvalue weighted by Gasteiger charge is 2.31. The van der Waals surface area contributed by atoms with Crippen LogP contribution >= 0.6 is 0 Å². The van der Waals surface area contributed by atoms with Crippen molar-refractivity contribution in [3.63, 3.8) is 0 Å². The second-order valence-corrected chi connectivity index (χ2v) is 7.77. The van der Waals surface area contributed by atoms with Gasteiger partial charge in [0, 0.05) is 36.6 Å². The molecule has 2 aromatic carbocycles. The zero-order chi connectivity index (χ0) is 25.6. The van der Waals surface area contributed by atoms with E-state index < -0.39 is 23.6 Å². The molecule has 5 nitrogen and oxygen atoms in total. The highest BCUT2D eigenvalue weighted by molar-refractivity contribution is 5.75. The third-order valence-corrected chi connectivity index (χ3v) is 5.44. The topological polar surface area (TPSA) is 57.3 Å². The summed E-state index contributed by atoms with van der Waals surface area (Å²) in [6.07, 6.45) is -1.81. The molecule has 1 aromatic heterocycles. The zero-order valence-corrected chi connectivity index (χ0v) is 19.4. The Morgan fingerprint density at radius 1 is 1.06 bits per heavy atom. The van der Waals surface area contributed by atoms with E-state index in [9.17, 15) is 22.4 Å². The summed E-state index contributed by atoms with van der Waals surface area (Å²) in [4.78, 5) is 16.2. The number of halogens is 4. The Bertz CT molecular complexity index is 1210. The minimum absolute atomic E-state index is 0.0609. The van der Waals surface area contributed by atoms with E-state index in [0.29, 0.717) is 11.8 Å². The number of carbonyl (C=O) groups is 1. The Morgan fingerprint density at radius 2 is 1.80 bits per heavy atom. The first-order valence-corrected chi connectivity index (χ1v) is 11.0. The van der Waals surface area contributed by atoms with Crippen LogP contribution in [0.2, 0.25) is 0 Å². The first-order chi connectivity index (χ1) is 16.6. The SMILES string of the molecule is C=C(NN(CC)C(=O)NCc1ccc(-c2ccccc2CC)cc1F)c1cncc(C(F)(F)F)c1. The summed E-state index contributed by atoms with van der Waals surface area (Å²) < 4.78 is 53.6. The van der Waals surface area contributed by atoms with E-state index >= 15 is 0 Å². The molecule has 0 spiro atoms. The highest BCUT2D eigenvalue weighted by Crippen LogP contribution is 2.30. The summed E-state index contributed by atoms with van der Waals surface area (Å²) in [5.41, 5.74) is 5.01. The van der Waals surface area contributed by atoms with Gasteiger partial charge in [-0.05, 0) is 42.2 Å². The molecule has 0 saturated heterocycles. The maximum atomic E-state index is 14.8. The van der Waals surface area contributed by atoms with Crippen molar-refractivity contribution in [2.24, 2.45) is 0 Å². The molecule has 3 rings (SSSR count). The molecular formula is C26H26F4N4O. The molecule has 3 aromatic rings. The van der Waals surface area contributed by atoms with Gasteiger partial charge in [0.2, 0.25) is 0 Å². The van der Waals surface area contributed by atoms with Crippen LogP contribution in [0.5, 0.6) is 0 Å². The van der Waals surface area contributed by atoms with Crippen LogP contribution in [0.3, 0.4) is 0 Å². The number of hydrogen-bond donors (Lipinski definition) is 2. The van der Waals surface area contributed by atoms with Crippen molar-refractivity contribution in [1.29, 1.82) is 0 Å². The van der Waals surface area contributed by atoms with Crippen molar-refractivity contribution < 1.29 is 22.4 Å². The van der Waals surface area contributed by atoms with Crippen molar-refractivity contribution in [3.05, 3.63) is 95.6 Å². The van der Waals surface area contributed by atoms with Gasteiger partial charge in [-0.2, -0.15) is 13.2 Å². The fourth-order valence-corrected chi connectivity index (χ4v) is 3.50. The summed E-state index contributed by atoms with van der Waals surface area (Å²) in [6, 6.07) is 12.9. The van der Waals surface area contributed by atoms with Crippen LogP contribution in [0.25, 0.3) is 16.8 Å². The Morgan fingerprint density at radius 3 is 2.46 bits per heavy atom. The molecule has 9 heteroatoms. The van der Waals surface area contributed by atoms with Crippen LogP contribution in [0, 0.1) is 5.82 Å². The molecule has 0 atom stereocenters. The first kappa shape index (κ1) is 25.7. The molecule has 2 N–H and O–H groups in total. The second-order valence-electron chi connectivity index (χ2n) is 7.77. The van der Waals surface area contributed by atoms with Crippen LogP contribution < -0.4 is 10.7 Å². The number of rotatable bonds is 8. The van der Waals surface area contributed by atoms with Gasteiger partial charge in [0.1, 0.15) is 5.82 Å². The number of hydrazine groups is 1. The van der Waals surface area contributed by atoms with E-state index in [1.807, 2.05) is 31.2 Å². The maximum Gasteiger partial charge on any atom is 0.417 e. The van der Waals surface area contributed by atoms with E-state index in [4.69, 9.17) is 0 Å². The summed E-state index contributed by atoms with van der Waals surface area (Å²) >= 11 is 0. The largest absolute Gasteiger partial charge is 0.417 e. The van der Waals surface area contributed by atoms with Crippen LogP contribution in [-0.2, 0) is 19.1 Å². The fraction of sp³-hybridized carbons (Fsp3) is 0.231. The zero-order valence-electron chi connectivity index (χ0n) is 19.4. The average molecular weight is 487 g/mol. The number of nitrogens with one attached hydrogen (secondary N) is 2. The van der Waals surface area contributed by atoms with Crippen LogP contribution in [0.15, 0.2) is 67.5 Å². The molecule has 0 aliphatic rings. The van der Waals surface area contributed by atoms with Gasteiger partial charge in [0.25, 0.3) is 0 Å². The third-order valence-electron chi connectivity index (χ3n) is 5.44. The average Bonchev–Trinajstić information content (AvgIpc) is 2.85. The summed E-state index contributed by atoms with van der Waals surface area (Å²) in [6.45, 7) is 7.51. The van der Waals surface area contributed by atoms with Crippen molar-refractivity contribution in [2.45, 2.75) is 33.0 Å². The number of nitrogens with zero attached hydrogens (tertiary/aromatic N) is 2. The highest BCUT2D eigenvalue weighted by atomic mass is 19.4. The van der Waals surface area contributed by atoms with E-state index in [-0.39, 0.29) is 24.4 Å². The third kappa shape index (κ3) is 6.38. The number of amides is 2. The first-order valence-electron chi connectivity index (χ1n) is 11.0. The lowest BCUT2D eigenvalue weighted by Crippen LogP contribution is -2.47. The minimum Gasteiger partial charge on any atom is -0.332 e. The number of carbonyl (C=O) groups excluding carboxylic acids is 1. The summed E-state index contributed by atoms with van der Waals surface area (Å²) in [5.74, 6) is -0.454. The number of alkyl halides is 3. The molecular weight excluding hydrogens is 460 g/mol. The van der Waals surface area contributed by atoms with Crippen LogP contribution in [0.1, 0.15) is 36.1 Å². The standard InChI is InChI=1S/C26H26F4N4O/c1-4-18-8-6-7-9-23(18)19-10-11-20(24(27)13-19)15-32-25(35)34(5-2)33-17(3)21-12-22(16-31-14-21)26(28,29)30/h6-14,16,33H,3-5,15H2,1-2H3,(H,32,35). The van der Waals surface area contributed by atoms with E-state index in [2.05, 4.69) is 22.3 Å². The molecule has 0 fully saturated rings. The number of aromatic nitrogens is 1. The molecule has 0 bridgehead atoms. The molecule has 0 aliphatic heterocycles. The van der Waals surface area contributed by atoms with Crippen LogP contribution in [-0.4, -0.2) is 22.6 Å². The van der Waals surface area contributed by atoms with Crippen LogP contribution in [0.4, 0.5) is 22.4 Å². The van der Waals surface area contributed by atoms with Gasteiger partial charge in [-0.1, -0.05) is 49.9 Å². The summed E-state index contributed by atoms with van der Waals surface area (Å²) in [7, 11) is 0. The van der Waals surface area contributed by atoms with E-state index in [0.717, 1.165) is 34.2 Å². The van der Waals surface area contributed by atoms with Gasteiger partial charge in [0.15, 0.2) is 0 Å². The molecule has 0 saturated carbocycles. The van der Waals surface area contributed by atoms with Gasteiger partial charge >= 0.3 is 12.2 Å². The lowest BCUT2D eigenvalue weighted by molar-refractivity contribution is -0.137. The van der Waals surface area contributed by atoms with Crippen molar-refractivity contribution in [2.75, 3.05) is 6.54 Å². The lowest BCUT2D eigenvalue weighted by Gasteiger charge is -2.24. The molecule has 0 radical (unpaired) electrons. The number of hydrogen-bond acceptors (Lipinski definition) is 3. The second kappa shape index (κ2) is 11.0. The number of pyridine rings is 1. The number of benzene rings is 2. The van der Waals surface area contributed by atoms with Gasteiger partial charge in [-0.15, -0.1) is 0 Å². The predicted octanol–water partition coefficient (Wildman–Crippen LogP) is 6.18. The van der Waals surface area contributed by atoms with E-state index in [1.54, 1.807) is 19.1 Å². The summed E-state index contributed by atoms with van der Waals surface area (Å²) in [5, 5.41) is 3.74. The molecule has 0 aliphatic carbocycles. The molecule has 1 heterocycles.